The third-order valence-corrected chi connectivity index (χ3v) is 5.64. The van der Waals surface area contributed by atoms with Crippen LogP contribution >= 0.6 is 0 Å². The molecule has 1 heterocycles. The molecule has 0 radical (unpaired) electrons. The number of aryl methyl sites for hydroxylation is 2. The quantitative estimate of drug-likeness (QED) is 0.828. The molecule has 2 aliphatic carbocycles. The second-order valence-corrected chi connectivity index (χ2v) is 6.91. The minimum atomic E-state index is 0.694. The van der Waals surface area contributed by atoms with E-state index in [-0.39, 0.29) is 0 Å². The van der Waals surface area contributed by atoms with Crippen molar-refractivity contribution < 1.29 is 0 Å². The van der Waals surface area contributed by atoms with E-state index in [1.54, 1.807) is 0 Å². The lowest BCUT2D eigenvalue weighted by molar-refractivity contribution is 0.272. The maximum atomic E-state index is 4.27. The van der Waals surface area contributed by atoms with Gasteiger partial charge in [-0.25, -0.2) is 0 Å². The predicted molar refractivity (Wildman–Crippen MR) is 82.5 cm³/mol. The Labute approximate surface area is 123 Å². The van der Waals surface area contributed by atoms with Crippen molar-refractivity contribution in [2.24, 2.45) is 24.8 Å². The number of rotatable bonds is 7. The van der Waals surface area contributed by atoms with Crippen molar-refractivity contribution in [1.29, 1.82) is 0 Å². The molecule has 3 heteroatoms. The van der Waals surface area contributed by atoms with Gasteiger partial charge in [0.05, 0.1) is 0 Å². The van der Waals surface area contributed by atoms with Crippen LogP contribution in [0.15, 0.2) is 12.3 Å². The van der Waals surface area contributed by atoms with E-state index in [1.165, 1.54) is 44.2 Å². The second kappa shape index (κ2) is 6.30. The summed E-state index contributed by atoms with van der Waals surface area (Å²) in [5.41, 5.74) is 1.36. The van der Waals surface area contributed by atoms with Gasteiger partial charge in [-0.05, 0) is 68.9 Å². The molecule has 2 bridgehead atoms. The molecule has 0 amide bonds. The standard InChI is InChI=1S/C17H29N3/c1-3-18-16(6-7-17-8-9-19-20(17)2)12-15-11-13-4-5-14(15)10-13/h8-9,13-16,18H,3-7,10-12H2,1-2H3. The highest BCUT2D eigenvalue weighted by atomic mass is 15.2. The fraction of sp³-hybridized carbons (Fsp3) is 0.824. The molecule has 0 saturated heterocycles. The molecule has 4 unspecified atom stereocenters. The van der Waals surface area contributed by atoms with Crippen LogP contribution in [0.1, 0.15) is 51.1 Å². The van der Waals surface area contributed by atoms with E-state index in [4.69, 9.17) is 0 Å². The van der Waals surface area contributed by atoms with Crippen LogP contribution in [-0.2, 0) is 13.5 Å². The number of aromatic nitrogens is 2. The Morgan fingerprint density at radius 2 is 2.30 bits per heavy atom. The van der Waals surface area contributed by atoms with Crippen molar-refractivity contribution in [2.45, 2.75) is 57.9 Å². The lowest BCUT2D eigenvalue weighted by Crippen LogP contribution is -2.33. The van der Waals surface area contributed by atoms with E-state index >= 15 is 0 Å². The number of fused-ring (bicyclic) bond motifs is 2. The van der Waals surface area contributed by atoms with Gasteiger partial charge in [-0.3, -0.25) is 4.68 Å². The van der Waals surface area contributed by atoms with Gasteiger partial charge in [0.2, 0.25) is 0 Å². The van der Waals surface area contributed by atoms with Gasteiger partial charge < -0.3 is 5.32 Å². The summed E-state index contributed by atoms with van der Waals surface area (Å²) >= 11 is 0. The highest BCUT2D eigenvalue weighted by Gasteiger charge is 2.39. The summed E-state index contributed by atoms with van der Waals surface area (Å²) in [4.78, 5) is 0. The van der Waals surface area contributed by atoms with E-state index in [2.05, 4.69) is 23.4 Å². The van der Waals surface area contributed by atoms with Crippen LogP contribution in [-0.4, -0.2) is 22.4 Å². The summed E-state index contributed by atoms with van der Waals surface area (Å²) in [6.07, 6.45) is 11.8. The van der Waals surface area contributed by atoms with Crippen LogP contribution in [0.5, 0.6) is 0 Å². The molecule has 1 aromatic heterocycles. The van der Waals surface area contributed by atoms with Gasteiger partial charge in [0.25, 0.3) is 0 Å². The van der Waals surface area contributed by atoms with E-state index in [9.17, 15) is 0 Å². The van der Waals surface area contributed by atoms with Gasteiger partial charge in [-0.1, -0.05) is 13.3 Å². The van der Waals surface area contributed by atoms with Gasteiger partial charge in [-0.15, -0.1) is 0 Å². The summed E-state index contributed by atoms with van der Waals surface area (Å²) in [6.45, 7) is 3.33. The zero-order chi connectivity index (χ0) is 13.9. The molecule has 3 rings (SSSR count). The second-order valence-electron chi connectivity index (χ2n) is 6.91. The largest absolute Gasteiger partial charge is 0.314 e. The molecule has 20 heavy (non-hydrogen) atoms. The first kappa shape index (κ1) is 14.1. The van der Waals surface area contributed by atoms with Crippen LogP contribution in [0, 0.1) is 17.8 Å². The smallest absolute Gasteiger partial charge is 0.0492 e. The number of hydrogen-bond donors (Lipinski definition) is 1. The van der Waals surface area contributed by atoms with Gasteiger partial charge in [0.1, 0.15) is 0 Å². The third-order valence-electron chi connectivity index (χ3n) is 5.64. The van der Waals surface area contributed by atoms with Crippen LogP contribution in [0.3, 0.4) is 0 Å². The van der Waals surface area contributed by atoms with Gasteiger partial charge >= 0.3 is 0 Å². The Kier molecular flexibility index (Phi) is 4.45. The Hall–Kier alpha value is -0.830. The summed E-state index contributed by atoms with van der Waals surface area (Å²) in [6, 6.07) is 2.85. The molecule has 3 nitrogen and oxygen atoms in total. The van der Waals surface area contributed by atoms with E-state index < -0.39 is 0 Å². The van der Waals surface area contributed by atoms with Gasteiger partial charge in [-0.2, -0.15) is 5.10 Å². The molecule has 0 spiro atoms. The van der Waals surface area contributed by atoms with Crippen LogP contribution in [0.2, 0.25) is 0 Å². The Balaban J connectivity index is 1.51. The lowest BCUT2D eigenvalue weighted by Gasteiger charge is -2.27. The first-order valence-corrected chi connectivity index (χ1v) is 8.46. The van der Waals surface area contributed by atoms with Gasteiger partial charge in [0, 0.05) is 25.0 Å². The van der Waals surface area contributed by atoms with Gasteiger partial charge in [0.15, 0.2) is 0 Å². The number of hydrogen-bond acceptors (Lipinski definition) is 2. The average molecular weight is 275 g/mol. The first-order chi connectivity index (χ1) is 9.76. The minimum Gasteiger partial charge on any atom is -0.314 e. The van der Waals surface area contributed by atoms with Crippen LogP contribution in [0.4, 0.5) is 0 Å². The topological polar surface area (TPSA) is 29.9 Å². The van der Waals surface area contributed by atoms with E-state index in [0.29, 0.717) is 6.04 Å². The van der Waals surface area contributed by atoms with Crippen molar-refractivity contribution in [3.05, 3.63) is 18.0 Å². The molecule has 2 aliphatic rings. The summed E-state index contributed by atoms with van der Waals surface area (Å²) in [7, 11) is 2.05. The molecule has 0 aliphatic heterocycles. The molecular weight excluding hydrogens is 246 g/mol. The first-order valence-electron chi connectivity index (χ1n) is 8.46. The van der Waals surface area contributed by atoms with Crippen molar-refractivity contribution in [1.82, 2.24) is 15.1 Å². The summed E-state index contributed by atoms with van der Waals surface area (Å²) in [5.74, 6) is 3.13. The molecule has 1 aromatic rings. The molecule has 0 aromatic carbocycles. The molecule has 4 atom stereocenters. The maximum absolute atomic E-state index is 4.27. The average Bonchev–Trinajstić information content (AvgIpc) is 3.13. The third kappa shape index (κ3) is 3.08. The molecule has 1 N–H and O–H groups in total. The van der Waals surface area contributed by atoms with Crippen LogP contribution in [0.25, 0.3) is 0 Å². The van der Waals surface area contributed by atoms with Crippen molar-refractivity contribution in [2.75, 3.05) is 6.54 Å². The Morgan fingerprint density at radius 1 is 1.40 bits per heavy atom. The SMILES string of the molecule is CCNC(CCc1ccnn1C)CC1CC2CCC1C2. The van der Waals surface area contributed by atoms with Crippen LogP contribution < -0.4 is 5.32 Å². The summed E-state index contributed by atoms with van der Waals surface area (Å²) < 4.78 is 2.01. The monoisotopic (exact) mass is 275 g/mol. The molecular formula is C17H29N3. The van der Waals surface area contributed by atoms with E-state index in [0.717, 1.165) is 30.7 Å². The minimum absolute atomic E-state index is 0.694. The van der Waals surface area contributed by atoms with Crippen molar-refractivity contribution >= 4 is 0 Å². The molecule has 2 fully saturated rings. The lowest BCUT2D eigenvalue weighted by atomic mass is 9.83. The van der Waals surface area contributed by atoms with Crippen molar-refractivity contribution in [3.63, 3.8) is 0 Å². The maximum Gasteiger partial charge on any atom is 0.0492 e. The highest BCUT2D eigenvalue weighted by Crippen LogP contribution is 2.50. The predicted octanol–water partition coefficient (Wildman–Crippen LogP) is 3.16. The molecule has 112 valence electrons. The number of nitrogens with zero attached hydrogens (tertiary/aromatic N) is 2. The fourth-order valence-electron chi connectivity index (χ4n) is 4.59. The van der Waals surface area contributed by atoms with Crippen molar-refractivity contribution in [3.8, 4) is 0 Å². The molecule has 2 saturated carbocycles. The summed E-state index contributed by atoms with van der Waals surface area (Å²) in [5, 5.41) is 7.99. The zero-order valence-corrected chi connectivity index (χ0v) is 13.0. The number of nitrogens with one attached hydrogen (secondary N) is 1. The zero-order valence-electron chi connectivity index (χ0n) is 13.0. The normalized spacial score (nSPS) is 30.0. The fourth-order valence-corrected chi connectivity index (χ4v) is 4.59. The Bertz CT molecular complexity index is 426. The highest BCUT2D eigenvalue weighted by molar-refractivity contribution is 5.01. The Morgan fingerprint density at radius 3 is 2.90 bits per heavy atom. The van der Waals surface area contributed by atoms with E-state index in [1.807, 2.05) is 17.9 Å².